The van der Waals surface area contributed by atoms with Crippen molar-refractivity contribution in [1.82, 2.24) is 9.29 Å². The van der Waals surface area contributed by atoms with E-state index in [0.717, 1.165) is 30.6 Å². The van der Waals surface area contributed by atoms with Crippen LogP contribution in [0.4, 0.5) is 0 Å². The van der Waals surface area contributed by atoms with Crippen LogP contribution in [0.15, 0.2) is 47.6 Å². The molecular weight excluding hydrogens is 328 g/mol. The molecule has 0 radical (unpaired) electrons. The molecule has 0 bridgehead atoms. The van der Waals surface area contributed by atoms with Crippen molar-refractivity contribution in [3.05, 3.63) is 48.3 Å². The smallest absolute Gasteiger partial charge is 0.271 e. The van der Waals surface area contributed by atoms with E-state index in [1.54, 1.807) is 30.6 Å². The van der Waals surface area contributed by atoms with Gasteiger partial charge in [0.15, 0.2) is 11.5 Å². The summed E-state index contributed by atoms with van der Waals surface area (Å²) in [4.78, 5) is 0.126. The Kier molecular flexibility index (Phi) is 3.82. The van der Waals surface area contributed by atoms with Gasteiger partial charge in [-0.1, -0.05) is 12.1 Å². The van der Waals surface area contributed by atoms with Crippen molar-refractivity contribution in [2.45, 2.75) is 11.3 Å². The van der Waals surface area contributed by atoms with E-state index in [0.29, 0.717) is 24.7 Å². The van der Waals surface area contributed by atoms with Gasteiger partial charge in [0, 0.05) is 18.9 Å². The highest BCUT2D eigenvalue weighted by Gasteiger charge is 2.26. The summed E-state index contributed by atoms with van der Waals surface area (Å²) in [5.74, 6) is 0.760. The quantitative estimate of drug-likeness (QED) is 0.919. The third-order valence-corrected chi connectivity index (χ3v) is 5.85. The van der Waals surface area contributed by atoms with Gasteiger partial charge in [0.1, 0.15) is 18.1 Å². The SMILES string of the molecule is O=S(=O)(c1cccc2c1OCCO2)n1ccc(C2=CCNCC2)c1. The van der Waals surface area contributed by atoms with Crippen LogP contribution in [-0.2, 0) is 10.0 Å². The first-order valence-corrected chi connectivity index (χ1v) is 9.32. The van der Waals surface area contributed by atoms with Gasteiger partial charge in [0.2, 0.25) is 0 Å². The summed E-state index contributed by atoms with van der Waals surface area (Å²) in [6.07, 6.45) is 6.23. The van der Waals surface area contributed by atoms with Crippen LogP contribution in [0.5, 0.6) is 11.5 Å². The van der Waals surface area contributed by atoms with Crippen molar-refractivity contribution in [1.29, 1.82) is 0 Å². The van der Waals surface area contributed by atoms with Gasteiger partial charge in [0.05, 0.1) is 0 Å². The van der Waals surface area contributed by atoms with Gasteiger partial charge < -0.3 is 14.8 Å². The Morgan fingerprint density at radius 1 is 1.12 bits per heavy atom. The average Bonchev–Trinajstić information content (AvgIpc) is 3.13. The van der Waals surface area contributed by atoms with Gasteiger partial charge in [0.25, 0.3) is 10.0 Å². The number of para-hydroxylation sites is 1. The first-order chi connectivity index (χ1) is 11.7. The summed E-state index contributed by atoms with van der Waals surface area (Å²) in [5, 5.41) is 3.25. The number of ether oxygens (including phenoxy) is 2. The van der Waals surface area contributed by atoms with Gasteiger partial charge in [-0.25, -0.2) is 12.4 Å². The molecule has 4 rings (SSSR count). The summed E-state index contributed by atoms with van der Waals surface area (Å²) < 4.78 is 38.3. The molecule has 0 unspecified atom stereocenters. The molecule has 0 spiro atoms. The highest BCUT2D eigenvalue weighted by Crippen LogP contribution is 2.37. The first kappa shape index (κ1) is 15.3. The highest BCUT2D eigenvalue weighted by atomic mass is 32.2. The fraction of sp³-hybridized carbons (Fsp3) is 0.294. The second-order valence-corrected chi connectivity index (χ2v) is 7.51. The van der Waals surface area contributed by atoms with E-state index in [9.17, 15) is 8.42 Å². The minimum Gasteiger partial charge on any atom is -0.486 e. The zero-order chi connectivity index (χ0) is 16.6. The molecule has 0 aliphatic carbocycles. The molecule has 126 valence electrons. The Bertz CT molecular complexity index is 899. The molecule has 1 aromatic heterocycles. The molecule has 0 saturated heterocycles. The van der Waals surface area contributed by atoms with E-state index in [-0.39, 0.29) is 4.90 Å². The van der Waals surface area contributed by atoms with E-state index in [1.165, 1.54) is 3.97 Å². The van der Waals surface area contributed by atoms with Crippen LogP contribution in [0.3, 0.4) is 0 Å². The molecular formula is C17H18N2O4S. The number of nitrogens with zero attached hydrogens (tertiary/aromatic N) is 1. The predicted octanol–water partition coefficient (Wildman–Crippen LogP) is 1.87. The molecule has 2 aliphatic rings. The summed E-state index contributed by atoms with van der Waals surface area (Å²) >= 11 is 0. The van der Waals surface area contributed by atoms with Crippen molar-refractivity contribution >= 4 is 15.6 Å². The average molecular weight is 346 g/mol. The second-order valence-electron chi connectivity index (χ2n) is 5.70. The maximum absolute atomic E-state index is 13.0. The van der Waals surface area contributed by atoms with Gasteiger partial charge in [-0.3, -0.25) is 0 Å². The van der Waals surface area contributed by atoms with Gasteiger partial charge in [-0.15, -0.1) is 0 Å². The fourth-order valence-corrected chi connectivity index (χ4v) is 4.31. The molecule has 0 amide bonds. The monoisotopic (exact) mass is 346 g/mol. The summed E-state index contributed by atoms with van der Waals surface area (Å²) in [6, 6.07) is 6.77. The van der Waals surface area contributed by atoms with Crippen LogP contribution in [-0.4, -0.2) is 38.7 Å². The predicted molar refractivity (Wildman–Crippen MR) is 89.9 cm³/mol. The topological polar surface area (TPSA) is 69.6 Å². The molecule has 1 aromatic carbocycles. The van der Waals surface area contributed by atoms with E-state index in [1.807, 2.05) is 6.07 Å². The van der Waals surface area contributed by atoms with E-state index in [2.05, 4.69) is 11.4 Å². The van der Waals surface area contributed by atoms with Crippen LogP contribution in [0.2, 0.25) is 0 Å². The lowest BCUT2D eigenvalue weighted by atomic mass is 10.0. The van der Waals surface area contributed by atoms with Crippen molar-refractivity contribution in [2.75, 3.05) is 26.3 Å². The van der Waals surface area contributed by atoms with Crippen LogP contribution >= 0.6 is 0 Å². The number of fused-ring (bicyclic) bond motifs is 1. The third-order valence-electron chi connectivity index (χ3n) is 4.19. The standard InChI is InChI=1S/C17H18N2O4S/c20-24(21,16-3-1-2-15-17(16)23-11-10-22-15)19-9-6-14(12-19)13-4-7-18-8-5-13/h1-4,6,9,12,18H,5,7-8,10-11H2. The maximum Gasteiger partial charge on any atom is 0.271 e. The normalized spacial score (nSPS) is 17.4. The Morgan fingerprint density at radius 2 is 2.00 bits per heavy atom. The van der Waals surface area contributed by atoms with Crippen molar-refractivity contribution in [3.63, 3.8) is 0 Å². The van der Waals surface area contributed by atoms with Crippen molar-refractivity contribution < 1.29 is 17.9 Å². The third kappa shape index (κ3) is 2.59. The molecule has 6 nitrogen and oxygen atoms in total. The van der Waals surface area contributed by atoms with Gasteiger partial charge in [-0.2, -0.15) is 0 Å². The minimum absolute atomic E-state index is 0.126. The molecule has 1 N–H and O–H groups in total. The molecule has 0 atom stereocenters. The number of benzene rings is 1. The fourth-order valence-electron chi connectivity index (χ4n) is 2.96. The molecule has 7 heteroatoms. The largest absolute Gasteiger partial charge is 0.486 e. The highest BCUT2D eigenvalue weighted by molar-refractivity contribution is 7.90. The summed E-state index contributed by atoms with van der Waals surface area (Å²) in [5.41, 5.74) is 2.10. The van der Waals surface area contributed by atoms with Crippen LogP contribution in [0, 0.1) is 0 Å². The lowest BCUT2D eigenvalue weighted by Gasteiger charge is -2.20. The van der Waals surface area contributed by atoms with Crippen molar-refractivity contribution in [3.8, 4) is 11.5 Å². The minimum atomic E-state index is -3.73. The Labute approximate surface area is 140 Å². The molecule has 2 aromatic rings. The molecule has 0 fully saturated rings. The van der Waals surface area contributed by atoms with Gasteiger partial charge in [-0.05, 0) is 42.3 Å². The van der Waals surface area contributed by atoms with E-state index < -0.39 is 10.0 Å². The Balaban J connectivity index is 1.74. The maximum atomic E-state index is 13.0. The number of aromatic nitrogens is 1. The Hall–Kier alpha value is -2.25. The number of rotatable bonds is 3. The Morgan fingerprint density at radius 3 is 2.83 bits per heavy atom. The molecule has 24 heavy (non-hydrogen) atoms. The lowest BCUT2D eigenvalue weighted by molar-refractivity contribution is 0.167. The van der Waals surface area contributed by atoms with Gasteiger partial charge >= 0.3 is 0 Å². The molecule has 2 aliphatic heterocycles. The summed E-state index contributed by atoms with van der Waals surface area (Å²) in [7, 11) is -3.73. The first-order valence-electron chi connectivity index (χ1n) is 7.88. The number of hydrogen-bond acceptors (Lipinski definition) is 5. The van der Waals surface area contributed by atoms with Crippen LogP contribution < -0.4 is 14.8 Å². The summed E-state index contributed by atoms with van der Waals surface area (Å²) in [6.45, 7) is 2.48. The number of hydrogen-bond donors (Lipinski definition) is 1. The molecule has 0 saturated carbocycles. The lowest BCUT2D eigenvalue weighted by Crippen LogP contribution is -2.20. The van der Waals surface area contributed by atoms with Crippen LogP contribution in [0.25, 0.3) is 5.57 Å². The zero-order valence-corrected chi connectivity index (χ0v) is 13.9. The molecule has 3 heterocycles. The zero-order valence-electron chi connectivity index (χ0n) is 13.1. The second kappa shape index (κ2) is 5.99. The number of nitrogens with one attached hydrogen (secondary N) is 1. The van der Waals surface area contributed by atoms with Crippen LogP contribution in [0.1, 0.15) is 12.0 Å². The van der Waals surface area contributed by atoms with E-state index >= 15 is 0 Å². The van der Waals surface area contributed by atoms with Crippen molar-refractivity contribution in [2.24, 2.45) is 0 Å². The van der Waals surface area contributed by atoms with E-state index in [4.69, 9.17) is 9.47 Å².